The van der Waals surface area contributed by atoms with Crippen LogP contribution in [0.4, 0.5) is 0 Å². The molecule has 3 nitrogen and oxygen atoms in total. The van der Waals surface area contributed by atoms with Crippen molar-refractivity contribution in [2.75, 3.05) is 13.7 Å². The Balaban J connectivity index is 1.53. The van der Waals surface area contributed by atoms with Crippen molar-refractivity contribution in [2.24, 2.45) is 5.92 Å². The maximum Gasteiger partial charge on any atom is 0.184 e. The van der Waals surface area contributed by atoms with Gasteiger partial charge in [-0.3, -0.25) is 4.90 Å². The van der Waals surface area contributed by atoms with E-state index in [1.807, 2.05) is 18.2 Å². The predicted octanol–water partition coefficient (Wildman–Crippen LogP) is 2.58. The number of fused-ring (bicyclic) bond motifs is 4. The van der Waals surface area contributed by atoms with Crippen LogP contribution in [0, 0.1) is 5.92 Å². The molecule has 3 aliphatic rings. The van der Waals surface area contributed by atoms with E-state index in [-0.39, 0.29) is 6.29 Å². The second-order valence-corrected chi connectivity index (χ2v) is 6.11. The third kappa shape index (κ3) is 1.92. The minimum Gasteiger partial charge on any atom is -0.348 e. The molecule has 0 spiro atoms. The van der Waals surface area contributed by atoms with Crippen LogP contribution in [-0.4, -0.2) is 36.7 Å². The molecule has 0 aromatic heterocycles. The monoisotopic (exact) mass is 259 g/mol. The summed E-state index contributed by atoms with van der Waals surface area (Å²) < 4.78 is 12.2. The van der Waals surface area contributed by atoms with Crippen LogP contribution < -0.4 is 0 Å². The summed E-state index contributed by atoms with van der Waals surface area (Å²) in [7, 11) is 2.27. The Morgan fingerprint density at radius 1 is 1.16 bits per heavy atom. The van der Waals surface area contributed by atoms with Crippen LogP contribution >= 0.6 is 0 Å². The Kier molecular flexibility index (Phi) is 2.87. The van der Waals surface area contributed by atoms with E-state index in [1.54, 1.807) is 0 Å². The molecule has 0 radical (unpaired) electrons. The smallest absolute Gasteiger partial charge is 0.184 e. The van der Waals surface area contributed by atoms with Crippen molar-refractivity contribution in [1.29, 1.82) is 0 Å². The molecule has 3 heteroatoms. The minimum absolute atomic E-state index is 0.162. The Morgan fingerprint density at radius 2 is 2.00 bits per heavy atom. The lowest BCUT2D eigenvalue weighted by Crippen LogP contribution is -2.54. The molecule has 102 valence electrons. The molecule has 0 N–H and O–H groups in total. The van der Waals surface area contributed by atoms with Crippen molar-refractivity contribution >= 4 is 0 Å². The van der Waals surface area contributed by atoms with E-state index in [4.69, 9.17) is 9.47 Å². The second-order valence-electron chi connectivity index (χ2n) is 6.11. The van der Waals surface area contributed by atoms with Gasteiger partial charge in [0, 0.05) is 23.6 Å². The molecular weight excluding hydrogens is 238 g/mol. The zero-order valence-corrected chi connectivity index (χ0v) is 11.4. The summed E-state index contributed by atoms with van der Waals surface area (Å²) in [5, 5.41) is 0. The Labute approximate surface area is 114 Å². The van der Waals surface area contributed by atoms with Gasteiger partial charge in [0.25, 0.3) is 0 Å². The second kappa shape index (κ2) is 4.58. The van der Waals surface area contributed by atoms with Gasteiger partial charge >= 0.3 is 0 Å². The Bertz CT molecular complexity index is 449. The normalized spacial score (nSPS) is 42.1. The van der Waals surface area contributed by atoms with Gasteiger partial charge in [-0.25, -0.2) is 0 Å². The van der Waals surface area contributed by atoms with Crippen molar-refractivity contribution < 1.29 is 9.47 Å². The standard InChI is InChI=1S/C16H21NO2/c1-17-12-7-8-14(17)13-10-18-16(19-15(13)9-12)11-5-3-2-4-6-11/h2-6,12-16H,7-10H2,1H3/t12?,13?,14?,15?,16-/m1/s1. The number of hydrogen-bond donors (Lipinski definition) is 0. The predicted molar refractivity (Wildman–Crippen MR) is 72.7 cm³/mol. The number of benzene rings is 1. The maximum atomic E-state index is 6.26. The molecule has 3 aliphatic heterocycles. The summed E-state index contributed by atoms with van der Waals surface area (Å²) in [6.07, 6.45) is 4.03. The molecule has 0 aliphatic carbocycles. The molecule has 3 fully saturated rings. The van der Waals surface area contributed by atoms with E-state index < -0.39 is 0 Å². The van der Waals surface area contributed by atoms with E-state index in [2.05, 4.69) is 24.1 Å². The zero-order chi connectivity index (χ0) is 12.8. The molecule has 4 rings (SSSR count). The van der Waals surface area contributed by atoms with E-state index in [0.717, 1.165) is 18.2 Å². The van der Waals surface area contributed by atoms with Crippen molar-refractivity contribution in [3.63, 3.8) is 0 Å². The van der Waals surface area contributed by atoms with Crippen molar-refractivity contribution in [3.05, 3.63) is 35.9 Å². The van der Waals surface area contributed by atoms with Crippen LogP contribution in [0.1, 0.15) is 31.1 Å². The topological polar surface area (TPSA) is 21.7 Å². The molecule has 4 unspecified atom stereocenters. The molecule has 19 heavy (non-hydrogen) atoms. The average molecular weight is 259 g/mol. The number of nitrogens with zero attached hydrogens (tertiary/aromatic N) is 1. The van der Waals surface area contributed by atoms with Gasteiger partial charge in [0.1, 0.15) is 0 Å². The SMILES string of the molecule is CN1C2CCC1C1CO[C@@H](c3ccccc3)OC1C2. The van der Waals surface area contributed by atoms with E-state index in [9.17, 15) is 0 Å². The largest absolute Gasteiger partial charge is 0.348 e. The molecule has 2 bridgehead atoms. The summed E-state index contributed by atoms with van der Waals surface area (Å²) in [6.45, 7) is 0.839. The Morgan fingerprint density at radius 3 is 2.84 bits per heavy atom. The number of rotatable bonds is 1. The van der Waals surface area contributed by atoms with Gasteiger partial charge < -0.3 is 9.47 Å². The van der Waals surface area contributed by atoms with Gasteiger partial charge in [-0.2, -0.15) is 0 Å². The van der Waals surface area contributed by atoms with Crippen LogP contribution in [0.25, 0.3) is 0 Å². The highest BCUT2D eigenvalue weighted by Gasteiger charge is 2.48. The fraction of sp³-hybridized carbons (Fsp3) is 0.625. The maximum absolute atomic E-state index is 6.26. The quantitative estimate of drug-likeness (QED) is 0.773. The van der Waals surface area contributed by atoms with Gasteiger partial charge in [-0.15, -0.1) is 0 Å². The lowest BCUT2D eigenvalue weighted by molar-refractivity contribution is -0.260. The molecule has 0 amide bonds. The molecule has 5 atom stereocenters. The summed E-state index contributed by atoms with van der Waals surface area (Å²) in [6, 6.07) is 11.7. The van der Waals surface area contributed by atoms with Gasteiger partial charge in [0.15, 0.2) is 6.29 Å². The molecule has 1 aromatic carbocycles. The van der Waals surface area contributed by atoms with E-state index in [1.165, 1.54) is 19.3 Å². The van der Waals surface area contributed by atoms with Gasteiger partial charge in [-0.1, -0.05) is 30.3 Å². The molecular formula is C16H21NO2. The van der Waals surface area contributed by atoms with Crippen molar-refractivity contribution in [2.45, 2.75) is 43.7 Å². The van der Waals surface area contributed by atoms with Crippen LogP contribution in [0.3, 0.4) is 0 Å². The van der Waals surface area contributed by atoms with Crippen molar-refractivity contribution in [1.82, 2.24) is 4.90 Å². The number of hydrogen-bond acceptors (Lipinski definition) is 3. The first kappa shape index (κ1) is 11.9. The average Bonchev–Trinajstić information content (AvgIpc) is 2.72. The summed E-state index contributed by atoms with van der Waals surface area (Å²) in [5.41, 5.74) is 1.15. The third-order valence-electron chi connectivity index (χ3n) is 5.18. The van der Waals surface area contributed by atoms with Gasteiger partial charge in [0.2, 0.25) is 0 Å². The molecule has 3 saturated heterocycles. The van der Waals surface area contributed by atoms with Crippen LogP contribution in [-0.2, 0) is 9.47 Å². The molecule has 1 aromatic rings. The first-order valence-electron chi connectivity index (χ1n) is 7.37. The molecule has 0 saturated carbocycles. The first-order valence-corrected chi connectivity index (χ1v) is 7.37. The minimum atomic E-state index is -0.162. The van der Waals surface area contributed by atoms with E-state index in [0.29, 0.717) is 18.1 Å². The summed E-state index contributed by atoms with van der Waals surface area (Å²) in [5.74, 6) is 0.559. The van der Waals surface area contributed by atoms with Crippen LogP contribution in [0.5, 0.6) is 0 Å². The number of ether oxygens (including phenoxy) is 2. The Hall–Kier alpha value is -0.900. The number of piperidine rings is 1. The third-order valence-corrected chi connectivity index (χ3v) is 5.18. The lowest BCUT2D eigenvalue weighted by atomic mass is 9.87. The zero-order valence-electron chi connectivity index (χ0n) is 11.4. The van der Waals surface area contributed by atoms with Gasteiger partial charge in [0.05, 0.1) is 12.7 Å². The highest BCUT2D eigenvalue weighted by molar-refractivity contribution is 5.16. The molecule has 3 heterocycles. The highest BCUT2D eigenvalue weighted by Crippen LogP contribution is 2.44. The van der Waals surface area contributed by atoms with E-state index >= 15 is 0 Å². The van der Waals surface area contributed by atoms with Crippen molar-refractivity contribution in [3.8, 4) is 0 Å². The fourth-order valence-corrected chi connectivity index (χ4v) is 4.09. The summed E-state index contributed by atoms with van der Waals surface area (Å²) >= 11 is 0. The summed E-state index contributed by atoms with van der Waals surface area (Å²) in [4.78, 5) is 2.55. The lowest BCUT2D eigenvalue weighted by Gasteiger charge is -2.46. The fourth-order valence-electron chi connectivity index (χ4n) is 4.09. The van der Waals surface area contributed by atoms with Crippen LogP contribution in [0.2, 0.25) is 0 Å². The van der Waals surface area contributed by atoms with Gasteiger partial charge in [-0.05, 0) is 26.3 Å². The highest BCUT2D eigenvalue weighted by atomic mass is 16.7. The van der Waals surface area contributed by atoms with Crippen LogP contribution in [0.15, 0.2) is 30.3 Å². The first-order chi connectivity index (χ1) is 9.33.